The smallest absolute Gasteiger partial charge is 0.230 e. The van der Waals surface area contributed by atoms with Crippen molar-refractivity contribution < 1.29 is 9.53 Å². The van der Waals surface area contributed by atoms with E-state index in [-0.39, 0.29) is 11.4 Å². The molecule has 4 rings (SSSR count). The number of nitrogens with one attached hydrogen (secondary N) is 2. The van der Waals surface area contributed by atoms with Crippen LogP contribution in [0.25, 0.3) is 0 Å². The lowest BCUT2D eigenvalue weighted by molar-refractivity contribution is -0.119. The van der Waals surface area contributed by atoms with E-state index in [9.17, 15) is 4.79 Å². The maximum atomic E-state index is 12.6. The van der Waals surface area contributed by atoms with E-state index in [2.05, 4.69) is 44.8 Å². The summed E-state index contributed by atoms with van der Waals surface area (Å²) in [5.74, 6) is 0.421. The van der Waals surface area contributed by atoms with Crippen LogP contribution in [0.15, 0.2) is 28.6 Å². The van der Waals surface area contributed by atoms with Crippen LogP contribution in [0.4, 0.5) is 10.8 Å². The first-order valence-corrected chi connectivity index (χ1v) is 12.8. The van der Waals surface area contributed by atoms with E-state index in [4.69, 9.17) is 4.74 Å². The van der Waals surface area contributed by atoms with Crippen molar-refractivity contribution in [1.29, 1.82) is 0 Å². The summed E-state index contributed by atoms with van der Waals surface area (Å²) in [5.41, 5.74) is 2.29. The molecule has 1 aliphatic heterocycles. The molecule has 1 aromatic carbocycles. The second-order valence-electron chi connectivity index (χ2n) is 8.31. The topological polar surface area (TPSA) is 79.4 Å². The number of benzene rings is 1. The maximum absolute atomic E-state index is 12.6. The van der Waals surface area contributed by atoms with Gasteiger partial charge in [-0.1, -0.05) is 60.1 Å². The van der Waals surface area contributed by atoms with Crippen molar-refractivity contribution in [3.05, 3.63) is 29.8 Å². The minimum absolute atomic E-state index is 0.0615. The zero-order valence-electron chi connectivity index (χ0n) is 18.1. The van der Waals surface area contributed by atoms with Gasteiger partial charge in [0.15, 0.2) is 4.34 Å². The van der Waals surface area contributed by atoms with Gasteiger partial charge in [0.25, 0.3) is 0 Å². The number of amides is 1. The highest BCUT2D eigenvalue weighted by Crippen LogP contribution is 2.34. The Kier molecular flexibility index (Phi) is 7.81. The number of rotatable bonds is 8. The highest BCUT2D eigenvalue weighted by Gasteiger charge is 2.38. The first-order chi connectivity index (χ1) is 15.1. The van der Waals surface area contributed by atoms with Gasteiger partial charge in [-0.2, -0.15) is 0 Å². The largest absolute Gasteiger partial charge is 0.379 e. The van der Waals surface area contributed by atoms with Crippen LogP contribution < -0.4 is 10.6 Å². The number of hydrogen-bond donors (Lipinski definition) is 2. The minimum atomic E-state index is 0.0615. The number of aryl methyl sites for hydroxylation is 1. The summed E-state index contributed by atoms with van der Waals surface area (Å²) < 4.78 is 6.34. The van der Waals surface area contributed by atoms with E-state index in [1.54, 1.807) is 0 Å². The fourth-order valence-corrected chi connectivity index (χ4v) is 5.97. The monoisotopic (exact) mass is 461 g/mol. The molecular formula is C22H31N5O2S2. The van der Waals surface area contributed by atoms with Crippen LogP contribution in [0.2, 0.25) is 0 Å². The van der Waals surface area contributed by atoms with Crippen molar-refractivity contribution in [2.24, 2.45) is 0 Å². The predicted octanol–water partition coefficient (Wildman–Crippen LogP) is 3.83. The molecule has 7 nitrogen and oxygen atoms in total. The Morgan fingerprint density at radius 1 is 1.16 bits per heavy atom. The van der Waals surface area contributed by atoms with E-state index in [0.717, 1.165) is 60.8 Å². The SMILES string of the molecule is Cc1ccc(Nc2nnc(SCC(=O)NCC3(N4CCOCC4)CCCCC3)s2)cc1. The molecule has 1 amide bonds. The molecule has 1 aromatic heterocycles. The number of morpholine rings is 1. The standard InChI is InChI=1S/C22H31N5O2S2/c1-17-5-7-18(8-6-17)24-20-25-26-21(31-20)30-15-19(28)23-16-22(9-3-2-4-10-22)27-11-13-29-14-12-27/h5-8H,2-4,9-16H2,1H3,(H,23,28)(H,24,25). The molecule has 2 fully saturated rings. The van der Waals surface area contributed by atoms with Crippen LogP contribution in [-0.4, -0.2) is 65.1 Å². The molecule has 0 atom stereocenters. The fraction of sp³-hybridized carbons (Fsp3) is 0.591. The Morgan fingerprint density at radius 3 is 2.65 bits per heavy atom. The average Bonchev–Trinajstić information content (AvgIpc) is 3.26. The fourth-order valence-electron chi connectivity index (χ4n) is 4.37. The summed E-state index contributed by atoms with van der Waals surface area (Å²) in [6.45, 7) is 6.30. The third-order valence-electron chi connectivity index (χ3n) is 6.12. The van der Waals surface area contributed by atoms with Gasteiger partial charge in [-0.3, -0.25) is 9.69 Å². The normalized spacial score (nSPS) is 19.1. The number of anilines is 2. The molecule has 2 aromatic rings. The summed E-state index contributed by atoms with van der Waals surface area (Å²) in [6, 6.07) is 8.15. The first-order valence-electron chi connectivity index (χ1n) is 11.0. The van der Waals surface area contributed by atoms with Gasteiger partial charge in [0, 0.05) is 30.9 Å². The van der Waals surface area contributed by atoms with Crippen molar-refractivity contribution in [2.45, 2.75) is 48.9 Å². The maximum Gasteiger partial charge on any atom is 0.230 e. The lowest BCUT2D eigenvalue weighted by atomic mass is 9.79. The molecule has 2 N–H and O–H groups in total. The van der Waals surface area contributed by atoms with Gasteiger partial charge in [-0.05, 0) is 31.9 Å². The number of carbonyl (C=O) groups is 1. The van der Waals surface area contributed by atoms with Gasteiger partial charge in [0.2, 0.25) is 11.0 Å². The Bertz CT molecular complexity index is 846. The summed E-state index contributed by atoms with van der Waals surface area (Å²) in [5, 5.41) is 15.6. The molecule has 1 saturated heterocycles. The van der Waals surface area contributed by atoms with Gasteiger partial charge < -0.3 is 15.4 Å². The molecule has 0 unspecified atom stereocenters. The van der Waals surface area contributed by atoms with E-state index in [1.165, 1.54) is 47.9 Å². The predicted molar refractivity (Wildman–Crippen MR) is 126 cm³/mol. The van der Waals surface area contributed by atoms with Crippen LogP contribution in [0.1, 0.15) is 37.7 Å². The van der Waals surface area contributed by atoms with E-state index >= 15 is 0 Å². The van der Waals surface area contributed by atoms with Gasteiger partial charge in [0.05, 0.1) is 19.0 Å². The molecule has 2 aliphatic rings. The molecule has 9 heteroatoms. The van der Waals surface area contributed by atoms with Gasteiger partial charge >= 0.3 is 0 Å². The van der Waals surface area contributed by atoms with E-state index in [1.807, 2.05) is 12.1 Å². The van der Waals surface area contributed by atoms with E-state index < -0.39 is 0 Å². The van der Waals surface area contributed by atoms with Crippen molar-refractivity contribution in [3.63, 3.8) is 0 Å². The molecule has 1 aliphatic carbocycles. The highest BCUT2D eigenvalue weighted by molar-refractivity contribution is 8.01. The van der Waals surface area contributed by atoms with Crippen LogP contribution in [0.5, 0.6) is 0 Å². The number of carbonyl (C=O) groups excluding carboxylic acids is 1. The molecular weight excluding hydrogens is 430 g/mol. The Labute approximate surface area is 192 Å². The number of hydrogen-bond acceptors (Lipinski definition) is 8. The second kappa shape index (κ2) is 10.8. The second-order valence-corrected chi connectivity index (χ2v) is 10.5. The minimum Gasteiger partial charge on any atom is -0.379 e. The average molecular weight is 462 g/mol. The van der Waals surface area contributed by atoms with Crippen LogP contribution >= 0.6 is 23.1 Å². The van der Waals surface area contributed by atoms with Gasteiger partial charge in [-0.25, -0.2) is 0 Å². The van der Waals surface area contributed by atoms with E-state index in [0.29, 0.717) is 5.75 Å². The quantitative estimate of drug-likeness (QED) is 0.578. The number of nitrogens with zero attached hydrogens (tertiary/aromatic N) is 3. The van der Waals surface area contributed by atoms with Crippen molar-refractivity contribution in [1.82, 2.24) is 20.4 Å². The zero-order chi connectivity index (χ0) is 21.5. The zero-order valence-corrected chi connectivity index (χ0v) is 19.7. The van der Waals surface area contributed by atoms with Crippen molar-refractivity contribution in [3.8, 4) is 0 Å². The summed E-state index contributed by atoms with van der Waals surface area (Å²) in [4.78, 5) is 15.1. The Morgan fingerprint density at radius 2 is 1.90 bits per heavy atom. The Balaban J connectivity index is 1.26. The third kappa shape index (κ3) is 6.19. The summed E-state index contributed by atoms with van der Waals surface area (Å²) in [7, 11) is 0. The van der Waals surface area contributed by atoms with Crippen LogP contribution in [0, 0.1) is 6.92 Å². The number of ether oxygens (including phenoxy) is 1. The van der Waals surface area contributed by atoms with Crippen LogP contribution in [0.3, 0.4) is 0 Å². The molecule has 0 bridgehead atoms. The summed E-state index contributed by atoms with van der Waals surface area (Å²) >= 11 is 2.91. The first kappa shape index (κ1) is 22.5. The molecule has 1 saturated carbocycles. The third-order valence-corrected chi connectivity index (χ3v) is 8.09. The molecule has 31 heavy (non-hydrogen) atoms. The van der Waals surface area contributed by atoms with Crippen molar-refractivity contribution >= 4 is 39.8 Å². The molecule has 2 heterocycles. The van der Waals surface area contributed by atoms with Crippen LogP contribution in [-0.2, 0) is 9.53 Å². The molecule has 168 valence electrons. The highest BCUT2D eigenvalue weighted by atomic mass is 32.2. The van der Waals surface area contributed by atoms with Gasteiger partial charge in [-0.15, -0.1) is 10.2 Å². The molecule has 0 spiro atoms. The number of thioether (sulfide) groups is 1. The lowest BCUT2D eigenvalue weighted by Crippen LogP contribution is -2.59. The lowest BCUT2D eigenvalue weighted by Gasteiger charge is -2.48. The number of aromatic nitrogens is 2. The molecule has 0 radical (unpaired) electrons. The summed E-state index contributed by atoms with van der Waals surface area (Å²) in [6.07, 6.45) is 6.09. The van der Waals surface area contributed by atoms with Crippen molar-refractivity contribution in [2.75, 3.05) is 43.9 Å². The Hall–Kier alpha value is -1.68. The van der Waals surface area contributed by atoms with Gasteiger partial charge in [0.1, 0.15) is 0 Å².